The molecule has 1 saturated carbocycles. The first-order valence-corrected chi connectivity index (χ1v) is 7.75. The molecule has 1 fully saturated rings. The number of hydrogen-bond acceptors (Lipinski definition) is 2. The van der Waals surface area contributed by atoms with Gasteiger partial charge in [0, 0.05) is 22.5 Å². The van der Waals surface area contributed by atoms with Crippen molar-refractivity contribution in [2.45, 2.75) is 44.6 Å². The van der Waals surface area contributed by atoms with Crippen LogP contribution < -0.4 is 10.5 Å². The normalized spacial score (nSPS) is 21.4. The van der Waals surface area contributed by atoms with Gasteiger partial charge in [-0.1, -0.05) is 35.2 Å². The van der Waals surface area contributed by atoms with Gasteiger partial charge in [-0.3, -0.25) is 0 Å². The van der Waals surface area contributed by atoms with Crippen LogP contribution in [0.3, 0.4) is 0 Å². The molecule has 2 nitrogen and oxygen atoms in total. The maximum atomic E-state index is 6.51. The zero-order chi connectivity index (χ0) is 12.5. The molecule has 0 aromatic heterocycles. The van der Waals surface area contributed by atoms with Gasteiger partial charge in [0.2, 0.25) is 0 Å². The van der Waals surface area contributed by atoms with Gasteiger partial charge in [0.05, 0.1) is 6.61 Å². The lowest BCUT2D eigenvalue weighted by Gasteiger charge is -2.28. The third-order valence-electron chi connectivity index (χ3n) is 4.29. The van der Waals surface area contributed by atoms with Crippen molar-refractivity contribution in [1.82, 2.24) is 0 Å². The summed E-state index contributed by atoms with van der Waals surface area (Å²) in [7, 11) is 0. The second-order valence-corrected chi connectivity index (χ2v) is 6.42. The second-order valence-electron chi connectivity index (χ2n) is 5.51. The Morgan fingerprint density at radius 1 is 1.22 bits per heavy atom. The molecule has 0 amide bonds. The molecule has 3 heteroatoms. The summed E-state index contributed by atoms with van der Waals surface area (Å²) in [5.41, 5.74) is 9.03. The topological polar surface area (TPSA) is 35.2 Å². The molecule has 0 bridgehead atoms. The second kappa shape index (κ2) is 5.22. The van der Waals surface area contributed by atoms with Gasteiger partial charge in [-0.2, -0.15) is 0 Å². The third kappa shape index (κ3) is 2.30. The first-order chi connectivity index (χ1) is 8.75. The zero-order valence-corrected chi connectivity index (χ0v) is 12.2. The van der Waals surface area contributed by atoms with Crippen LogP contribution in [0.25, 0.3) is 0 Å². The zero-order valence-electron chi connectivity index (χ0n) is 10.6. The number of ether oxygens (including phenoxy) is 1. The van der Waals surface area contributed by atoms with E-state index in [0.29, 0.717) is 5.92 Å². The van der Waals surface area contributed by atoms with E-state index >= 15 is 0 Å². The van der Waals surface area contributed by atoms with Gasteiger partial charge in [-0.05, 0) is 36.5 Å². The van der Waals surface area contributed by atoms with Crippen molar-refractivity contribution in [3.8, 4) is 5.75 Å². The molecule has 98 valence electrons. The Kier molecular flexibility index (Phi) is 3.62. The smallest absolute Gasteiger partial charge is 0.127 e. The van der Waals surface area contributed by atoms with Crippen LogP contribution in [-0.2, 0) is 6.42 Å². The summed E-state index contributed by atoms with van der Waals surface area (Å²) in [6.07, 6.45) is 7.57. The highest BCUT2D eigenvalue weighted by molar-refractivity contribution is 9.10. The highest BCUT2D eigenvalue weighted by Crippen LogP contribution is 2.41. The molecule has 1 aliphatic heterocycles. The molecule has 0 radical (unpaired) electrons. The number of nitrogens with two attached hydrogens (primary N) is 1. The number of hydrogen-bond donors (Lipinski definition) is 1. The fourth-order valence-electron chi connectivity index (χ4n) is 3.29. The van der Waals surface area contributed by atoms with E-state index in [1.165, 1.54) is 43.2 Å². The fourth-order valence-corrected chi connectivity index (χ4v) is 3.82. The maximum Gasteiger partial charge on any atom is 0.127 e. The lowest BCUT2D eigenvalue weighted by atomic mass is 9.81. The van der Waals surface area contributed by atoms with E-state index in [-0.39, 0.29) is 6.04 Å². The third-order valence-corrected chi connectivity index (χ3v) is 4.75. The quantitative estimate of drug-likeness (QED) is 0.897. The van der Waals surface area contributed by atoms with Gasteiger partial charge in [0.25, 0.3) is 0 Å². The standard InChI is InChI=1S/C15H20BrNO/c16-12-8-11-6-7-18-15(11)13(9-12)14(17)10-4-2-1-3-5-10/h8-10,14H,1-7,17H2. The van der Waals surface area contributed by atoms with Crippen molar-refractivity contribution in [3.05, 3.63) is 27.7 Å². The highest BCUT2D eigenvalue weighted by Gasteiger charge is 2.27. The van der Waals surface area contributed by atoms with Crippen LogP contribution in [0.2, 0.25) is 0 Å². The average molecular weight is 310 g/mol. The van der Waals surface area contributed by atoms with E-state index in [0.717, 1.165) is 23.2 Å². The first-order valence-electron chi connectivity index (χ1n) is 6.96. The van der Waals surface area contributed by atoms with Crippen LogP contribution in [0.5, 0.6) is 5.75 Å². The number of benzene rings is 1. The van der Waals surface area contributed by atoms with Crippen LogP contribution in [0.4, 0.5) is 0 Å². The summed E-state index contributed by atoms with van der Waals surface area (Å²) in [5, 5.41) is 0. The van der Waals surface area contributed by atoms with Crippen LogP contribution >= 0.6 is 15.9 Å². The van der Waals surface area contributed by atoms with Gasteiger partial charge in [0.1, 0.15) is 5.75 Å². The Morgan fingerprint density at radius 2 is 2.00 bits per heavy atom. The maximum absolute atomic E-state index is 6.51. The van der Waals surface area contributed by atoms with E-state index in [1.807, 2.05) is 0 Å². The predicted molar refractivity (Wildman–Crippen MR) is 76.8 cm³/mol. The van der Waals surface area contributed by atoms with Crippen LogP contribution in [0.1, 0.15) is 49.3 Å². The molecular formula is C15H20BrNO. The highest BCUT2D eigenvalue weighted by atomic mass is 79.9. The largest absolute Gasteiger partial charge is 0.493 e. The van der Waals surface area contributed by atoms with Crippen LogP contribution in [-0.4, -0.2) is 6.61 Å². The molecule has 1 aromatic rings. The van der Waals surface area contributed by atoms with Gasteiger partial charge < -0.3 is 10.5 Å². The molecule has 1 unspecified atom stereocenters. The minimum atomic E-state index is 0.134. The lowest BCUT2D eigenvalue weighted by Crippen LogP contribution is -2.24. The van der Waals surface area contributed by atoms with Crippen molar-refractivity contribution in [1.29, 1.82) is 0 Å². The Bertz CT molecular complexity index is 440. The molecule has 1 heterocycles. The number of fused-ring (bicyclic) bond motifs is 1. The van der Waals surface area contributed by atoms with Crippen LogP contribution in [0.15, 0.2) is 16.6 Å². The van der Waals surface area contributed by atoms with Crippen molar-refractivity contribution in [2.24, 2.45) is 11.7 Å². The SMILES string of the molecule is NC(c1cc(Br)cc2c1OCC2)C1CCCCC1. The Morgan fingerprint density at radius 3 is 2.78 bits per heavy atom. The summed E-state index contributed by atoms with van der Waals surface area (Å²) >= 11 is 3.60. The monoisotopic (exact) mass is 309 g/mol. The molecule has 2 aliphatic rings. The Hall–Kier alpha value is -0.540. The molecule has 1 aromatic carbocycles. The molecule has 1 aliphatic carbocycles. The Balaban J connectivity index is 1.91. The molecule has 0 saturated heterocycles. The van der Waals surface area contributed by atoms with Gasteiger partial charge in [-0.15, -0.1) is 0 Å². The summed E-state index contributed by atoms with van der Waals surface area (Å²) < 4.78 is 6.93. The molecule has 0 spiro atoms. The molecule has 3 rings (SSSR count). The number of rotatable bonds is 2. The van der Waals surface area contributed by atoms with Crippen molar-refractivity contribution in [3.63, 3.8) is 0 Å². The summed E-state index contributed by atoms with van der Waals surface area (Å²) in [5.74, 6) is 1.69. The number of halogens is 1. The van der Waals surface area contributed by atoms with E-state index in [4.69, 9.17) is 10.5 Å². The fraction of sp³-hybridized carbons (Fsp3) is 0.600. The Labute approximate surface area is 117 Å². The predicted octanol–water partition coefficient (Wildman–Crippen LogP) is 3.96. The summed E-state index contributed by atoms with van der Waals surface area (Å²) in [6.45, 7) is 0.802. The molecule has 2 N–H and O–H groups in total. The van der Waals surface area contributed by atoms with E-state index < -0.39 is 0 Å². The van der Waals surface area contributed by atoms with E-state index in [2.05, 4.69) is 28.1 Å². The van der Waals surface area contributed by atoms with Gasteiger partial charge in [0.15, 0.2) is 0 Å². The lowest BCUT2D eigenvalue weighted by molar-refractivity contribution is 0.297. The minimum Gasteiger partial charge on any atom is -0.493 e. The van der Waals surface area contributed by atoms with E-state index in [9.17, 15) is 0 Å². The summed E-state index contributed by atoms with van der Waals surface area (Å²) in [4.78, 5) is 0. The van der Waals surface area contributed by atoms with E-state index in [1.54, 1.807) is 0 Å². The molecule has 18 heavy (non-hydrogen) atoms. The minimum absolute atomic E-state index is 0.134. The average Bonchev–Trinajstić information content (AvgIpc) is 2.86. The molecular weight excluding hydrogens is 290 g/mol. The van der Waals surface area contributed by atoms with Crippen molar-refractivity contribution < 1.29 is 4.74 Å². The van der Waals surface area contributed by atoms with Gasteiger partial charge in [-0.25, -0.2) is 0 Å². The van der Waals surface area contributed by atoms with Crippen molar-refractivity contribution >= 4 is 15.9 Å². The van der Waals surface area contributed by atoms with Crippen molar-refractivity contribution in [2.75, 3.05) is 6.61 Å². The molecule has 1 atom stereocenters. The summed E-state index contributed by atoms with van der Waals surface area (Å²) in [6, 6.07) is 4.46. The first kappa shape index (κ1) is 12.5. The van der Waals surface area contributed by atoms with Gasteiger partial charge >= 0.3 is 0 Å². The van der Waals surface area contributed by atoms with Crippen LogP contribution in [0, 0.1) is 5.92 Å².